The molecule has 0 aliphatic rings. The average Bonchev–Trinajstić information content (AvgIpc) is 2.68. The number of carbonyl (C=O) groups is 1. The van der Waals surface area contributed by atoms with E-state index in [1.165, 1.54) is 18.3 Å². The maximum absolute atomic E-state index is 12.3. The molecule has 6 nitrogen and oxygen atoms in total. The van der Waals surface area contributed by atoms with E-state index in [-0.39, 0.29) is 17.3 Å². The minimum Gasteiger partial charge on any atom is -0.485 e. The minimum absolute atomic E-state index is 0.0286. The highest BCUT2D eigenvalue weighted by atomic mass is 19.3. The van der Waals surface area contributed by atoms with E-state index in [0.29, 0.717) is 5.69 Å². The van der Waals surface area contributed by atoms with Gasteiger partial charge in [0.05, 0.1) is 5.69 Å². The topological polar surface area (TPSA) is 77.0 Å². The van der Waals surface area contributed by atoms with E-state index in [4.69, 9.17) is 4.74 Å². The molecule has 0 aliphatic heterocycles. The molecule has 0 aliphatic carbocycles. The van der Waals surface area contributed by atoms with Crippen LogP contribution < -0.4 is 10.1 Å². The van der Waals surface area contributed by atoms with Crippen molar-refractivity contribution in [2.45, 2.75) is 6.43 Å². The first kappa shape index (κ1) is 17.4. The Kier molecular flexibility index (Phi) is 5.43. The number of nitrogens with one attached hydrogen (secondary N) is 1. The van der Waals surface area contributed by atoms with Crippen LogP contribution in [0, 0.1) is 0 Å². The SMILES string of the molecule is O=C(Nc1ccc(-c2ccccc2)nn1)c1ncccc1OCC(F)F. The average molecular weight is 356 g/mol. The number of hydrogen-bond donors (Lipinski definition) is 1. The molecule has 132 valence electrons. The van der Waals surface area contributed by atoms with Gasteiger partial charge in [0.25, 0.3) is 12.3 Å². The molecule has 2 heterocycles. The van der Waals surface area contributed by atoms with E-state index in [2.05, 4.69) is 20.5 Å². The summed E-state index contributed by atoms with van der Waals surface area (Å²) in [5.74, 6) is -0.448. The molecular formula is C18H14F2N4O2. The second kappa shape index (κ2) is 8.11. The second-order valence-corrected chi connectivity index (χ2v) is 5.18. The molecule has 3 rings (SSSR count). The Labute approximate surface area is 147 Å². The summed E-state index contributed by atoms with van der Waals surface area (Å²) in [6.45, 7) is -0.822. The molecule has 1 amide bonds. The molecule has 0 atom stereocenters. The molecule has 0 fully saturated rings. The second-order valence-electron chi connectivity index (χ2n) is 5.18. The molecule has 3 aromatic rings. The van der Waals surface area contributed by atoms with Crippen LogP contribution in [-0.2, 0) is 0 Å². The van der Waals surface area contributed by atoms with Crippen molar-refractivity contribution in [3.63, 3.8) is 0 Å². The lowest BCUT2D eigenvalue weighted by molar-refractivity contribution is 0.0799. The van der Waals surface area contributed by atoms with Gasteiger partial charge in [-0.15, -0.1) is 10.2 Å². The van der Waals surface area contributed by atoms with Gasteiger partial charge in [0.15, 0.2) is 17.3 Å². The monoisotopic (exact) mass is 356 g/mol. The number of alkyl halides is 2. The quantitative estimate of drug-likeness (QED) is 0.732. The lowest BCUT2D eigenvalue weighted by Gasteiger charge is -2.10. The van der Waals surface area contributed by atoms with Crippen LogP contribution in [0.15, 0.2) is 60.8 Å². The molecule has 0 bridgehead atoms. The number of rotatable bonds is 6. The van der Waals surface area contributed by atoms with Crippen molar-refractivity contribution in [1.82, 2.24) is 15.2 Å². The van der Waals surface area contributed by atoms with Crippen molar-refractivity contribution in [3.05, 3.63) is 66.5 Å². The summed E-state index contributed by atoms with van der Waals surface area (Å²) in [6.07, 6.45) is -1.28. The van der Waals surface area contributed by atoms with Gasteiger partial charge in [-0.25, -0.2) is 13.8 Å². The van der Waals surface area contributed by atoms with Gasteiger partial charge in [0.2, 0.25) is 0 Å². The van der Waals surface area contributed by atoms with Crippen molar-refractivity contribution >= 4 is 11.7 Å². The lowest BCUT2D eigenvalue weighted by atomic mass is 10.1. The molecule has 1 N–H and O–H groups in total. The van der Waals surface area contributed by atoms with E-state index < -0.39 is 18.9 Å². The number of carbonyl (C=O) groups excluding carboxylic acids is 1. The number of pyridine rings is 1. The predicted molar refractivity (Wildman–Crippen MR) is 91.2 cm³/mol. The van der Waals surface area contributed by atoms with Crippen LogP contribution in [0.25, 0.3) is 11.3 Å². The highest BCUT2D eigenvalue weighted by molar-refractivity contribution is 6.04. The normalized spacial score (nSPS) is 10.6. The number of aromatic nitrogens is 3. The Morgan fingerprint density at radius 3 is 2.54 bits per heavy atom. The Bertz CT molecular complexity index is 874. The van der Waals surface area contributed by atoms with Gasteiger partial charge in [-0.3, -0.25) is 4.79 Å². The Morgan fingerprint density at radius 2 is 1.85 bits per heavy atom. The van der Waals surface area contributed by atoms with Crippen molar-refractivity contribution in [1.29, 1.82) is 0 Å². The number of ether oxygens (including phenoxy) is 1. The van der Waals surface area contributed by atoms with E-state index in [0.717, 1.165) is 5.56 Å². The summed E-state index contributed by atoms with van der Waals surface area (Å²) in [4.78, 5) is 16.2. The third-order valence-corrected chi connectivity index (χ3v) is 3.33. The number of anilines is 1. The standard InChI is InChI=1S/C18H14F2N4O2/c19-15(20)11-26-14-7-4-10-21-17(14)18(25)22-16-9-8-13(23-24-16)12-5-2-1-3-6-12/h1-10,15H,11H2,(H,22,24,25). The van der Waals surface area contributed by atoms with Gasteiger partial charge in [0.1, 0.15) is 6.61 Å². The molecule has 0 saturated heterocycles. The minimum atomic E-state index is -2.65. The fraction of sp³-hybridized carbons (Fsp3) is 0.111. The highest BCUT2D eigenvalue weighted by Gasteiger charge is 2.16. The van der Waals surface area contributed by atoms with Gasteiger partial charge in [-0.1, -0.05) is 30.3 Å². The zero-order valence-electron chi connectivity index (χ0n) is 13.5. The molecule has 0 radical (unpaired) electrons. The maximum Gasteiger partial charge on any atom is 0.279 e. The van der Waals surface area contributed by atoms with Crippen LogP contribution in [0.2, 0.25) is 0 Å². The summed E-state index contributed by atoms with van der Waals surface area (Å²) in [5.41, 5.74) is 1.44. The largest absolute Gasteiger partial charge is 0.485 e. The van der Waals surface area contributed by atoms with Crippen molar-refractivity contribution < 1.29 is 18.3 Å². The first-order valence-corrected chi connectivity index (χ1v) is 7.70. The van der Waals surface area contributed by atoms with Gasteiger partial charge in [-0.2, -0.15) is 0 Å². The van der Waals surface area contributed by atoms with Crippen LogP contribution in [0.1, 0.15) is 10.5 Å². The molecule has 8 heteroatoms. The number of nitrogens with zero attached hydrogens (tertiary/aromatic N) is 3. The molecule has 0 saturated carbocycles. The zero-order chi connectivity index (χ0) is 18.4. The third-order valence-electron chi connectivity index (χ3n) is 3.33. The summed E-state index contributed by atoms with van der Waals surface area (Å²) >= 11 is 0. The van der Waals surface area contributed by atoms with Crippen LogP contribution in [0.4, 0.5) is 14.6 Å². The number of halogens is 2. The predicted octanol–water partition coefficient (Wildman–Crippen LogP) is 3.43. The van der Waals surface area contributed by atoms with Crippen LogP contribution in [-0.4, -0.2) is 34.1 Å². The first-order valence-electron chi connectivity index (χ1n) is 7.70. The number of amides is 1. The van der Waals surface area contributed by atoms with E-state index in [1.807, 2.05) is 30.3 Å². The first-order chi connectivity index (χ1) is 12.6. The van der Waals surface area contributed by atoms with Gasteiger partial charge >= 0.3 is 0 Å². The van der Waals surface area contributed by atoms with E-state index in [9.17, 15) is 13.6 Å². The van der Waals surface area contributed by atoms with E-state index >= 15 is 0 Å². The molecule has 0 spiro atoms. The van der Waals surface area contributed by atoms with Crippen LogP contribution in [0.3, 0.4) is 0 Å². The van der Waals surface area contributed by atoms with Crippen LogP contribution >= 0.6 is 0 Å². The summed E-state index contributed by atoms with van der Waals surface area (Å²) < 4.78 is 29.6. The molecule has 2 aromatic heterocycles. The molecular weight excluding hydrogens is 342 g/mol. The summed E-state index contributed by atoms with van der Waals surface area (Å²) in [6, 6.07) is 15.6. The number of benzene rings is 1. The summed E-state index contributed by atoms with van der Waals surface area (Å²) in [7, 11) is 0. The van der Waals surface area contributed by atoms with Gasteiger partial charge < -0.3 is 10.1 Å². The van der Waals surface area contributed by atoms with Crippen molar-refractivity contribution in [3.8, 4) is 17.0 Å². The molecule has 1 aromatic carbocycles. The molecule has 26 heavy (non-hydrogen) atoms. The smallest absolute Gasteiger partial charge is 0.279 e. The fourth-order valence-electron chi connectivity index (χ4n) is 2.17. The van der Waals surface area contributed by atoms with E-state index in [1.54, 1.807) is 12.1 Å². The van der Waals surface area contributed by atoms with Crippen molar-refractivity contribution in [2.24, 2.45) is 0 Å². The fourth-order valence-corrected chi connectivity index (χ4v) is 2.17. The van der Waals surface area contributed by atoms with Gasteiger partial charge in [-0.05, 0) is 24.3 Å². The third kappa shape index (κ3) is 4.35. The Balaban J connectivity index is 1.72. The number of hydrogen-bond acceptors (Lipinski definition) is 5. The van der Waals surface area contributed by atoms with Gasteiger partial charge in [0, 0.05) is 11.8 Å². The Hall–Kier alpha value is -3.42. The summed E-state index contributed by atoms with van der Waals surface area (Å²) in [5, 5.41) is 10.5. The maximum atomic E-state index is 12.3. The lowest BCUT2D eigenvalue weighted by Crippen LogP contribution is -2.17. The molecule has 0 unspecified atom stereocenters. The van der Waals surface area contributed by atoms with Crippen molar-refractivity contribution in [2.75, 3.05) is 11.9 Å². The zero-order valence-corrected chi connectivity index (χ0v) is 13.5. The van der Waals surface area contributed by atoms with Crippen LogP contribution in [0.5, 0.6) is 5.75 Å². The Morgan fingerprint density at radius 1 is 1.04 bits per heavy atom. The highest BCUT2D eigenvalue weighted by Crippen LogP contribution is 2.19.